The SMILES string of the molecule is O=C1/C(=C/c2ccccc2)CC[C@@]2(CCCO2)[C@]12CCCO2. The molecule has 0 radical (unpaired) electrons. The normalized spacial score (nSPS) is 36.7. The summed E-state index contributed by atoms with van der Waals surface area (Å²) >= 11 is 0. The van der Waals surface area contributed by atoms with E-state index < -0.39 is 5.60 Å². The summed E-state index contributed by atoms with van der Waals surface area (Å²) in [6.45, 7) is 1.44. The van der Waals surface area contributed by atoms with Gasteiger partial charge >= 0.3 is 0 Å². The fourth-order valence-electron chi connectivity index (χ4n) is 4.40. The van der Waals surface area contributed by atoms with Crippen molar-refractivity contribution in [3.8, 4) is 0 Å². The molecule has 0 N–H and O–H groups in total. The number of Topliss-reactive ketones (excluding diaryl/α,β-unsaturated/α-hetero) is 1. The maximum atomic E-state index is 13.2. The van der Waals surface area contributed by atoms with Gasteiger partial charge in [0.05, 0.1) is 0 Å². The molecule has 0 aromatic heterocycles. The van der Waals surface area contributed by atoms with Crippen LogP contribution < -0.4 is 0 Å². The number of rotatable bonds is 1. The minimum absolute atomic E-state index is 0.169. The van der Waals surface area contributed by atoms with Gasteiger partial charge in [0.1, 0.15) is 5.60 Å². The highest BCUT2D eigenvalue weighted by atomic mass is 16.6. The monoisotopic (exact) mass is 298 g/mol. The van der Waals surface area contributed by atoms with Crippen LogP contribution >= 0.6 is 0 Å². The van der Waals surface area contributed by atoms with Crippen molar-refractivity contribution in [3.63, 3.8) is 0 Å². The van der Waals surface area contributed by atoms with Gasteiger partial charge in [-0.3, -0.25) is 4.79 Å². The molecule has 22 heavy (non-hydrogen) atoms. The van der Waals surface area contributed by atoms with Crippen LogP contribution in [0.5, 0.6) is 0 Å². The minimum atomic E-state index is -0.720. The summed E-state index contributed by atoms with van der Waals surface area (Å²) in [6, 6.07) is 10.1. The molecule has 3 heteroatoms. The third kappa shape index (κ3) is 1.99. The predicted octanol–water partition coefficient (Wildman–Crippen LogP) is 3.53. The Bertz CT molecular complexity index is 590. The summed E-state index contributed by atoms with van der Waals surface area (Å²) in [7, 11) is 0. The third-order valence-corrected chi connectivity index (χ3v) is 5.46. The zero-order valence-corrected chi connectivity index (χ0v) is 12.8. The summed E-state index contributed by atoms with van der Waals surface area (Å²) in [5.41, 5.74) is 0.897. The quantitative estimate of drug-likeness (QED) is 0.744. The van der Waals surface area contributed by atoms with Crippen LogP contribution in [0.1, 0.15) is 44.1 Å². The van der Waals surface area contributed by atoms with Gasteiger partial charge in [-0.25, -0.2) is 0 Å². The first-order valence-corrected chi connectivity index (χ1v) is 8.34. The number of benzene rings is 1. The van der Waals surface area contributed by atoms with Crippen LogP contribution in [-0.2, 0) is 14.3 Å². The Morgan fingerprint density at radius 1 is 0.955 bits per heavy atom. The highest BCUT2D eigenvalue weighted by Gasteiger charge is 2.63. The zero-order chi connectivity index (χ0) is 15.0. The number of hydrogen-bond acceptors (Lipinski definition) is 3. The summed E-state index contributed by atoms with van der Waals surface area (Å²) in [5, 5.41) is 0. The minimum Gasteiger partial charge on any atom is -0.371 e. The largest absolute Gasteiger partial charge is 0.371 e. The molecule has 0 amide bonds. The van der Waals surface area contributed by atoms with E-state index in [4.69, 9.17) is 9.47 Å². The summed E-state index contributed by atoms with van der Waals surface area (Å²) in [6.07, 6.45) is 7.48. The molecule has 2 atom stereocenters. The second-order valence-corrected chi connectivity index (χ2v) is 6.63. The van der Waals surface area contributed by atoms with Crippen LogP contribution in [0, 0.1) is 0 Å². The van der Waals surface area contributed by atoms with Gasteiger partial charge in [0.25, 0.3) is 0 Å². The van der Waals surface area contributed by atoms with Gasteiger partial charge in [-0.05, 0) is 55.7 Å². The highest BCUT2D eigenvalue weighted by molar-refractivity contribution is 6.07. The van der Waals surface area contributed by atoms with Crippen LogP contribution in [0.2, 0.25) is 0 Å². The first kappa shape index (κ1) is 14.2. The van der Waals surface area contributed by atoms with E-state index in [-0.39, 0.29) is 11.4 Å². The first-order valence-electron chi connectivity index (χ1n) is 8.34. The average molecular weight is 298 g/mol. The van der Waals surface area contributed by atoms with E-state index in [0.29, 0.717) is 6.61 Å². The molecule has 1 saturated carbocycles. The van der Waals surface area contributed by atoms with Crippen molar-refractivity contribution in [1.29, 1.82) is 0 Å². The lowest BCUT2D eigenvalue weighted by Gasteiger charge is -2.47. The lowest BCUT2D eigenvalue weighted by atomic mass is 9.66. The van der Waals surface area contributed by atoms with E-state index in [1.54, 1.807) is 0 Å². The van der Waals surface area contributed by atoms with Gasteiger partial charge in [-0.15, -0.1) is 0 Å². The number of carbonyl (C=O) groups is 1. The van der Waals surface area contributed by atoms with Gasteiger partial charge in [0, 0.05) is 13.2 Å². The Morgan fingerprint density at radius 3 is 2.41 bits per heavy atom. The van der Waals surface area contributed by atoms with Crippen molar-refractivity contribution in [2.24, 2.45) is 0 Å². The summed E-state index contributed by atoms with van der Waals surface area (Å²) < 4.78 is 12.2. The molecular weight excluding hydrogens is 276 g/mol. The molecule has 1 aromatic rings. The Hall–Kier alpha value is -1.45. The van der Waals surface area contributed by atoms with Crippen LogP contribution in [0.3, 0.4) is 0 Å². The molecule has 1 aliphatic carbocycles. The zero-order valence-electron chi connectivity index (χ0n) is 12.8. The smallest absolute Gasteiger partial charge is 0.193 e. The lowest BCUT2D eigenvalue weighted by Crippen LogP contribution is -2.61. The van der Waals surface area contributed by atoms with Crippen LogP contribution in [0.15, 0.2) is 35.9 Å². The van der Waals surface area contributed by atoms with E-state index in [1.165, 1.54) is 0 Å². The average Bonchev–Trinajstić information content (AvgIpc) is 3.21. The first-order chi connectivity index (χ1) is 10.8. The maximum absolute atomic E-state index is 13.2. The molecule has 3 aliphatic rings. The molecule has 3 nitrogen and oxygen atoms in total. The highest BCUT2D eigenvalue weighted by Crippen LogP contribution is 2.52. The summed E-state index contributed by atoms with van der Waals surface area (Å²) in [4.78, 5) is 13.2. The van der Waals surface area contributed by atoms with Gasteiger partial charge in [-0.1, -0.05) is 30.3 Å². The van der Waals surface area contributed by atoms with Crippen LogP contribution in [0.25, 0.3) is 6.08 Å². The molecule has 2 saturated heterocycles. The van der Waals surface area contributed by atoms with Crippen molar-refractivity contribution in [3.05, 3.63) is 41.5 Å². The third-order valence-electron chi connectivity index (χ3n) is 5.46. The van der Waals surface area contributed by atoms with Gasteiger partial charge in [-0.2, -0.15) is 0 Å². The number of fused-ring (bicyclic) bond motifs is 1. The Morgan fingerprint density at radius 2 is 1.73 bits per heavy atom. The molecule has 4 rings (SSSR count). The molecule has 3 fully saturated rings. The van der Waals surface area contributed by atoms with Crippen molar-refractivity contribution in [2.45, 2.75) is 49.7 Å². The van der Waals surface area contributed by atoms with Gasteiger partial charge < -0.3 is 9.47 Å². The number of ketones is 1. The Balaban J connectivity index is 1.72. The van der Waals surface area contributed by atoms with Crippen molar-refractivity contribution in [2.75, 3.05) is 13.2 Å². The van der Waals surface area contributed by atoms with E-state index in [2.05, 4.69) is 0 Å². The van der Waals surface area contributed by atoms with Crippen molar-refractivity contribution < 1.29 is 14.3 Å². The van der Waals surface area contributed by atoms with E-state index in [9.17, 15) is 4.79 Å². The number of carbonyl (C=O) groups excluding carboxylic acids is 1. The second kappa shape index (κ2) is 5.32. The number of hydrogen-bond donors (Lipinski definition) is 0. The second-order valence-electron chi connectivity index (χ2n) is 6.63. The Kier molecular flexibility index (Phi) is 3.43. The van der Waals surface area contributed by atoms with Gasteiger partial charge in [0.15, 0.2) is 11.4 Å². The lowest BCUT2D eigenvalue weighted by molar-refractivity contribution is -0.186. The number of ether oxygens (including phenoxy) is 2. The standard InChI is InChI=1S/C19H22O3/c20-17-16(14-15-6-2-1-3-7-15)8-11-18(9-4-12-21-18)19(17)10-5-13-22-19/h1-3,6-7,14H,4-5,8-13H2/b16-14+/t18-,19-/m0/s1. The van der Waals surface area contributed by atoms with E-state index in [1.807, 2.05) is 36.4 Å². The molecule has 0 unspecified atom stereocenters. The predicted molar refractivity (Wildman–Crippen MR) is 84.5 cm³/mol. The molecule has 2 aliphatic heterocycles. The molecule has 2 heterocycles. The Labute approximate surface area is 131 Å². The summed E-state index contributed by atoms with van der Waals surface area (Å²) in [5.74, 6) is 0.169. The topological polar surface area (TPSA) is 35.5 Å². The van der Waals surface area contributed by atoms with Gasteiger partial charge in [0.2, 0.25) is 0 Å². The van der Waals surface area contributed by atoms with E-state index >= 15 is 0 Å². The molecule has 0 bridgehead atoms. The van der Waals surface area contributed by atoms with Crippen LogP contribution in [-0.4, -0.2) is 30.2 Å². The molecular formula is C19H22O3. The van der Waals surface area contributed by atoms with Crippen molar-refractivity contribution in [1.82, 2.24) is 0 Å². The maximum Gasteiger partial charge on any atom is 0.193 e. The molecule has 2 spiro atoms. The van der Waals surface area contributed by atoms with Crippen LogP contribution in [0.4, 0.5) is 0 Å². The van der Waals surface area contributed by atoms with E-state index in [0.717, 1.165) is 56.3 Å². The molecule has 116 valence electrons. The van der Waals surface area contributed by atoms with Crippen molar-refractivity contribution >= 4 is 11.9 Å². The fourth-order valence-corrected chi connectivity index (χ4v) is 4.40. The fraction of sp³-hybridized carbons (Fsp3) is 0.526. The molecule has 1 aromatic carbocycles.